The molecule has 0 aliphatic carbocycles. The second kappa shape index (κ2) is 8.22. The van der Waals surface area contributed by atoms with Gasteiger partial charge in [0.2, 0.25) is 0 Å². The average molecular weight is 405 g/mol. The van der Waals surface area contributed by atoms with Crippen LogP contribution in [0.25, 0.3) is 10.2 Å². The molecular formula is C21H32N4O2S. The number of rotatable bonds is 6. The smallest absolute Gasteiger partial charge is 0.146 e. The van der Waals surface area contributed by atoms with Crippen LogP contribution in [0.2, 0.25) is 0 Å². The van der Waals surface area contributed by atoms with Crippen molar-refractivity contribution in [2.75, 3.05) is 44.4 Å². The molecule has 7 heteroatoms. The fourth-order valence-electron chi connectivity index (χ4n) is 4.60. The molecule has 28 heavy (non-hydrogen) atoms. The Bertz CT molecular complexity index is 833. The van der Waals surface area contributed by atoms with Crippen LogP contribution in [0.5, 0.6) is 0 Å². The normalized spacial score (nSPS) is 23.8. The van der Waals surface area contributed by atoms with Crippen LogP contribution < -0.4 is 4.90 Å². The molecule has 0 radical (unpaired) electrons. The second-order valence-corrected chi connectivity index (χ2v) is 9.60. The van der Waals surface area contributed by atoms with Crippen LogP contribution in [-0.4, -0.2) is 65.0 Å². The van der Waals surface area contributed by atoms with Gasteiger partial charge in [-0.3, -0.25) is 4.90 Å². The number of nitrogens with zero attached hydrogens (tertiary/aromatic N) is 4. The third kappa shape index (κ3) is 3.77. The summed E-state index contributed by atoms with van der Waals surface area (Å²) in [7, 11) is 0. The van der Waals surface area contributed by atoms with E-state index >= 15 is 0 Å². The second-order valence-electron chi connectivity index (χ2n) is 8.39. The van der Waals surface area contributed by atoms with Crippen LogP contribution in [0, 0.1) is 13.8 Å². The topological polar surface area (TPSA) is 61.7 Å². The number of thiophene rings is 1. The van der Waals surface area contributed by atoms with Gasteiger partial charge in [-0.2, -0.15) is 0 Å². The summed E-state index contributed by atoms with van der Waals surface area (Å²) in [6.45, 7) is 12.2. The monoisotopic (exact) mass is 404 g/mol. The zero-order valence-electron chi connectivity index (χ0n) is 17.3. The maximum Gasteiger partial charge on any atom is 0.146 e. The number of ether oxygens (including phenoxy) is 1. The standard InChI is InChI=1S/C21H32N4O2S/c1-15-16(2)28-20-18(15)19(25-8-4-6-21(25,3)7-5-11-26)22-17(23-20)14-24-9-12-27-13-10-24/h26H,4-14H2,1-3H3. The molecule has 0 aromatic carbocycles. The van der Waals surface area contributed by atoms with E-state index < -0.39 is 0 Å². The van der Waals surface area contributed by atoms with Crippen molar-refractivity contribution in [3.63, 3.8) is 0 Å². The fourth-order valence-corrected chi connectivity index (χ4v) is 5.64. The van der Waals surface area contributed by atoms with Crippen molar-refractivity contribution in [2.45, 2.75) is 58.5 Å². The number of anilines is 1. The van der Waals surface area contributed by atoms with Crippen molar-refractivity contribution in [1.82, 2.24) is 14.9 Å². The van der Waals surface area contributed by atoms with Gasteiger partial charge in [-0.1, -0.05) is 0 Å². The number of hydrogen-bond acceptors (Lipinski definition) is 7. The fraction of sp³-hybridized carbons (Fsp3) is 0.714. The number of aromatic nitrogens is 2. The van der Waals surface area contributed by atoms with Crippen molar-refractivity contribution in [3.05, 3.63) is 16.3 Å². The number of fused-ring (bicyclic) bond motifs is 1. The number of aryl methyl sites for hydroxylation is 2. The maximum absolute atomic E-state index is 9.39. The SMILES string of the molecule is Cc1sc2nc(CN3CCOCC3)nc(N3CCCC3(C)CCCO)c2c1C. The van der Waals surface area contributed by atoms with Crippen LogP contribution in [0.15, 0.2) is 0 Å². The first-order valence-electron chi connectivity index (χ1n) is 10.5. The van der Waals surface area contributed by atoms with Gasteiger partial charge in [-0.15, -0.1) is 11.3 Å². The van der Waals surface area contributed by atoms with Gasteiger partial charge in [0.15, 0.2) is 0 Å². The minimum absolute atomic E-state index is 0.0581. The number of hydrogen-bond donors (Lipinski definition) is 1. The van der Waals surface area contributed by atoms with Crippen molar-refractivity contribution in [1.29, 1.82) is 0 Å². The lowest BCUT2D eigenvalue weighted by molar-refractivity contribution is 0.0331. The first-order chi connectivity index (χ1) is 13.5. The van der Waals surface area contributed by atoms with Crippen LogP contribution in [0.3, 0.4) is 0 Å². The summed E-state index contributed by atoms with van der Waals surface area (Å²) < 4.78 is 5.49. The zero-order chi connectivity index (χ0) is 19.7. The van der Waals surface area contributed by atoms with E-state index in [2.05, 4.69) is 30.6 Å². The van der Waals surface area contributed by atoms with Gasteiger partial charge >= 0.3 is 0 Å². The maximum atomic E-state index is 9.39. The van der Waals surface area contributed by atoms with Gasteiger partial charge in [-0.25, -0.2) is 9.97 Å². The van der Waals surface area contributed by atoms with Gasteiger partial charge in [-0.05, 0) is 52.0 Å². The van der Waals surface area contributed by atoms with Crippen LogP contribution in [-0.2, 0) is 11.3 Å². The lowest BCUT2D eigenvalue weighted by Crippen LogP contribution is -2.42. The Kier molecular flexibility index (Phi) is 5.88. The predicted molar refractivity (Wildman–Crippen MR) is 114 cm³/mol. The number of morpholine rings is 1. The first kappa shape index (κ1) is 20.0. The molecule has 2 aromatic rings. The molecule has 1 N–H and O–H groups in total. The molecule has 154 valence electrons. The van der Waals surface area contributed by atoms with Crippen molar-refractivity contribution >= 4 is 27.4 Å². The molecule has 4 rings (SSSR count). The molecule has 2 fully saturated rings. The molecule has 0 saturated carbocycles. The van der Waals surface area contributed by atoms with E-state index in [9.17, 15) is 5.11 Å². The lowest BCUT2D eigenvalue weighted by atomic mass is 9.92. The van der Waals surface area contributed by atoms with E-state index in [0.717, 1.165) is 75.1 Å². The molecule has 0 amide bonds. The number of aliphatic hydroxyl groups excluding tert-OH is 1. The van der Waals surface area contributed by atoms with Gasteiger partial charge < -0.3 is 14.7 Å². The number of aliphatic hydroxyl groups is 1. The quantitative estimate of drug-likeness (QED) is 0.797. The molecule has 2 aliphatic heterocycles. The molecule has 0 spiro atoms. The minimum Gasteiger partial charge on any atom is -0.396 e. The van der Waals surface area contributed by atoms with Crippen LogP contribution in [0.1, 0.15) is 48.9 Å². The van der Waals surface area contributed by atoms with Crippen molar-refractivity contribution in [3.8, 4) is 0 Å². The molecule has 0 bridgehead atoms. The highest BCUT2D eigenvalue weighted by Gasteiger charge is 2.38. The third-order valence-corrected chi connectivity index (χ3v) is 7.50. The minimum atomic E-state index is 0.0581. The summed E-state index contributed by atoms with van der Waals surface area (Å²) in [6, 6.07) is 0. The third-order valence-electron chi connectivity index (χ3n) is 6.40. The summed E-state index contributed by atoms with van der Waals surface area (Å²) in [5, 5.41) is 10.6. The van der Waals surface area contributed by atoms with E-state index in [0.29, 0.717) is 0 Å². The summed E-state index contributed by atoms with van der Waals surface area (Å²) in [5.74, 6) is 2.02. The van der Waals surface area contributed by atoms with E-state index in [1.807, 2.05) is 0 Å². The molecule has 2 aromatic heterocycles. The van der Waals surface area contributed by atoms with Gasteiger partial charge in [0.25, 0.3) is 0 Å². The largest absolute Gasteiger partial charge is 0.396 e. The van der Waals surface area contributed by atoms with Gasteiger partial charge in [0, 0.05) is 36.7 Å². The van der Waals surface area contributed by atoms with E-state index in [-0.39, 0.29) is 12.1 Å². The molecule has 6 nitrogen and oxygen atoms in total. The molecule has 2 saturated heterocycles. The summed E-state index contributed by atoms with van der Waals surface area (Å²) >= 11 is 1.78. The lowest BCUT2D eigenvalue weighted by Gasteiger charge is -2.37. The highest BCUT2D eigenvalue weighted by molar-refractivity contribution is 7.18. The molecular weight excluding hydrogens is 372 g/mol. The van der Waals surface area contributed by atoms with Gasteiger partial charge in [0.05, 0.1) is 25.1 Å². The molecule has 1 unspecified atom stereocenters. The summed E-state index contributed by atoms with van der Waals surface area (Å²) in [5.41, 5.74) is 1.37. The Morgan fingerprint density at radius 3 is 2.71 bits per heavy atom. The Morgan fingerprint density at radius 2 is 1.96 bits per heavy atom. The van der Waals surface area contributed by atoms with E-state index in [4.69, 9.17) is 14.7 Å². The first-order valence-corrected chi connectivity index (χ1v) is 11.3. The Hall–Kier alpha value is -1.28. The molecule has 2 aliphatic rings. The van der Waals surface area contributed by atoms with E-state index in [1.165, 1.54) is 22.2 Å². The molecule has 4 heterocycles. The van der Waals surface area contributed by atoms with Crippen LogP contribution >= 0.6 is 11.3 Å². The highest BCUT2D eigenvalue weighted by Crippen LogP contribution is 2.42. The Labute approximate surface area is 171 Å². The average Bonchev–Trinajstić information content (AvgIpc) is 3.20. The Balaban J connectivity index is 1.74. The van der Waals surface area contributed by atoms with Gasteiger partial charge in [0.1, 0.15) is 16.5 Å². The zero-order valence-corrected chi connectivity index (χ0v) is 18.1. The summed E-state index contributed by atoms with van der Waals surface area (Å²) in [6.07, 6.45) is 4.16. The Morgan fingerprint density at radius 1 is 1.18 bits per heavy atom. The van der Waals surface area contributed by atoms with Crippen molar-refractivity contribution in [2.24, 2.45) is 0 Å². The highest BCUT2D eigenvalue weighted by atomic mass is 32.1. The van der Waals surface area contributed by atoms with Crippen LogP contribution in [0.4, 0.5) is 5.82 Å². The summed E-state index contributed by atoms with van der Waals surface area (Å²) in [4.78, 5) is 17.4. The van der Waals surface area contributed by atoms with Crippen molar-refractivity contribution < 1.29 is 9.84 Å². The molecule has 1 atom stereocenters. The van der Waals surface area contributed by atoms with E-state index in [1.54, 1.807) is 11.3 Å². The predicted octanol–water partition coefficient (Wildman–Crippen LogP) is 3.27.